The molecule has 2 fully saturated rings. The van der Waals surface area contributed by atoms with Gasteiger partial charge in [-0.05, 0) is 62.2 Å². The molecule has 3 rings (SSSR count). The van der Waals surface area contributed by atoms with Crippen molar-refractivity contribution < 1.29 is 0 Å². The van der Waals surface area contributed by atoms with Gasteiger partial charge in [-0.15, -0.1) is 0 Å². The molecule has 2 nitrogen and oxygen atoms in total. The minimum Gasteiger partial charge on any atom is -0.317 e. The average Bonchev–Trinajstić information content (AvgIpc) is 3.33. The Morgan fingerprint density at radius 3 is 2.25 bits per heavy atom. The van der Waals surface area contributed by atoms with E-state index >= 15 is 0 Å². The Labute approximate surface area is 123 Å². The third-order valence-electron chi connectivity index (χ3n) is 4.83. The molecule has 1 aliphatic carbocycles. The van der Waals surface area contributed by atoms with Crippen molar-refractivity contribution in [2.24, 2.45) is 5.92 Å². The van der Waals surface area contributed by atoms with E-state index in [0.717, 1.165) is 24.9 Å². The topological polar surface area (TPSA) is 15.3 Å². The molecule has 2 heteroatoms. The van der Waals surface area contributed by atoms with Gasteiger partial charge in [-0.25, -0.2) is 0 Å². The Bertz CT molecular complexity index is 402. The largest absolute Gasteiger partial charge is 0.317 e. The van der Waals surface area contributed by atoms with Gasteiger partial charge in [-0.3, -0.25) is 4.90 Å². The molecule has 110 valence electrons. The van der Waals surface area contributed by atoms with Crippen LogP contribution in [0.2, 0.25) is 0 Å². The lowest BCUT2D eigenvalue weighted by Gasteiger charge is -2.30. The number of rotatable bonds is 6. The molecular weight excluding hydrogens is 244 g/mol. The predicted octanol–water partition coefficient (Wildman–Crippen LogP) is 3.21. The van der Waals surface area contributed by atoms with E-state index in [-0.39, 0.29) is 0 Å². The van der Waals surface area contributed by atoms with Crippen molar-refractivity contribution in [3.63, 3.8) is 0 Å². The molecule has 1 saturated heterocycles. The van der Waals surface area contributed by atoms with Crippen LogP contribution in [-0.2, 0) is 13.0 Å². The molecule has 1 heterocycles. The monoisotopic (exact) mass is 272 g/mol. The van der Waals surface area contributed by atoms with E-state index in [4.69, 9.17) is 0 Å². The summed E-state index contributed by atoms with van der Waals surface area (Å²) >= 11 is 0. The number of nitrogens with zero attached hydrogens (tertiary/aromatic N) is 1. The summed E-state index contributed by atoms with van der Waals surface area (Å²) in [6.07, 6.45) is 6.69. The molecule has 20 heavy (non-hydrogen) atoms. The van der Waals surface area contributed by atoms with Gasteiger partial charge < -0.3 is 5.32 Å². The molecule has 1 aromatic carbocycles. The second-order valence-corrected chi connectivity index (χ2v) is 6.52. The van der Waals surface area contributed by atoms with Crippen LogP contribution >= 0.6 is 0 Å². The van der Waals surface area contributed by atoms with Crippen LogP contribution in [0, 0.1) is 5.92 Å². The van der Waals surface area contributed by atoms with Crippen molar-refractivity contribution in [2.45, 2.75) is 51.6 Å². The smallest absolute Gasteiger partial charge is 0.0236 e. The molecule has 0 spiro atoms. The fourth-order valence-corrected chi connectivity index (χ4v) is 3.29. The fraction of sp³-hybridized carbons (Fsp3) is 0.667. The summed E-state index contributed by atoms with van der Waals surface area (Å²) in [5.41, 5.74) is 2.94. The molecule has 0 amide bonds. The molecule has 1 aromatic rings. The lowest BCUT2D eigenvalue weighted by Crippen LogP contribution is -2.37. The zero-order valence-electron chi connectivity index (χ0n) is 12.8. The minimum atomic E-state index is 0.871. The zero-order valence-corrected chi connectivity index (χ0v) is 12.8. The third-order valence-corrected chi connectivity index (χ3v) is 4.83. The summed E-state index contributed by atoms with van der Waals surface area (Å²) in [7, 11) is 0. The molecule has 0 unspecified atom stereocenters. The van der Waals surface area contributed by atoms with E-state index in [0.29, 0.717) is 0 Å². The van der Waals surface area contributed by atoms with Crippen LogP contribution in [0.5, 0.6) is 0 Å². The third kappa shape index (κ3) is 3.83. The van der Waals surface area contributed by atoms with Crippen molar-refractivity contribution in [1.82, 2.24) is 10.2 Å². The van der Waals surface area contributed by atoms with Gasteiger partial charge in [0, 0.05) is 19.1 Å². The van der Waals surface area contributed by atoms with E-state index in [1.165, 1.54) is 56.4 Å². The summed E-state index contributed by atoms with van der Waals surface area (Å²) in [5, 5.41) is 3.48. The lowest BCUT2D eigenvalue weighted by atomic mass is 9.97. The number of nitrogens with one attached hydrogen (secondary N) is 1. The van der Waals surface area contributed by atoms with E-state index in [9.17, 15) is 0 Å². The summed E-state index contributed by atoms with van der Waals surface area (Å²) in [6.45, 7) is 7.12. The van der Waals surface area contributed by atoms with E-state index < -0.39 is 0 Å². The maximum absolute atomic E-state index is 3.48. The van der Waals surface area contributed by atoms with Crippen molar-refractivity contribution in [2.75, 3.05) is 19.6 Å². The highest BCUT2D eigenvalue weighted by Crippen LogP contribution is 2.30. The van der Waals surface area contributed by atoms with Crippen LogP contribution < -0.4 is 5.32 Å². The lowest BCUT2D eigenvalue weighted by molar-refractivity contribution is 0.190. The van der Waals surface area contributed by atoms with Crippen LogP contribution in [0.4, 0.5) is 0 Å². The predicted molar refractivity (Wildman–Crippen MR) is 84.8 cm³/mol. The first-order valence-electron chi connectivity index (χ1n) is 8.37. The van der Waals surface area contributed by atoms with Gasteiger partial charge in [0.2, 0.25) is 0 Å². The van der Waals surface area contributed by atoms with Crippen molar-refractivity contribution in [3.8, 4) is 0 Å². The van der Waals surface area contributed by atoms with Crippen LogP contribution in [-0.4, -0.2) is 30.6 Å². The number of hydrogen-bond acceptors (Lipinski definition) is 2. The maximum atomic E-state index is 3.48. The van der Waals surface area contributed by atoms with Crippen LogP contribution in [0.1, 0.15) is 43.7 Å². The fourth-order valence-electron chi connectivity index (χ4n) is 3.29. The normalized spacial score (nSPS) is 20.5. The molecule has 1 saturated carbocycles. The molecular formula is C18H28N2. The molecule has 1 N–H and O–H groups in total. The Kier molecular flexibility index (Phi) is 4.74. The summed E-state index contributed by atoms with van der Waals surface area (Å²) in [4.78, 5) is 2.75. The molecule has 0 radical (unpaired) electrons. The zero-order chi connectivity index (χ0) is 13.8. The standard InChI is InChI=1S/C18H28N2/c1-2-15-3-5-16(6-4-15)13-20(18-7-8-18)14-17-9-11-19-12-10-17/h3-6,17-19H,2,7-14H2,1H3. The second kappa shape index (κ2) is 6.73. The van der Waals surface area contributed by atoms with Crippen LogP contribution in [0.3, 0.4) is 0 Å². The van der Waals surface area contributed by atoms with Crippen molar-refractivity contribution in [3.05, 3.63) is 35.4 Å². The van der Waals surface area contributed by atoms with Gasteiger partial charge >= 0.3 is 0 Å². The number of benzene rings is 1. The highest BCUT2D eigenvalue weighted by Gasteiger charge is 2.30. The maximum Gasteiger partial charge on any atom is 0.0236 e. The number of aryl methyl sites for hydroxylation is 1. The second-order valence-electron chi connectivity index (χ2n) is 6.52. The Morgan fingerprint density at radius 1 is 1.00 bits per heavy atom. The van der Waals surface area contributed by atoms with Gasteiger partial charge in [0.25, 0.3) is 0 Å². The first kappa shape index (κ1) is 14.1. The van der Waals surface area contributed by atoms with Crippen LogP contribution in [0.25, 0.3) is 0 Å². The molecule has 0 atom stereocenters. The van der Waals surface area contributed by atoms with Gasteiger partial charge in [0.1, 0.15) is 0 Å². The Hall–Kier alpha value is -0.860. The summed E-state index contributed by atoms with van der Waals surface area (Å²) < 4.78 is 0. The number of piperidine rings is 1. The van der Waals surface area contributed by atoms with Crippen LogP contribution in [0.15, 0.2) is 24.3 Å². The SMILES string of the molecule is CCc1ccc(CN(CC2CCNCC2)C2CC2)cc1. The molecule has 2 aliphatic rings. The van der Waals surface area contributed by atoms with Crippen molar-refractivity contribution in [1.29, 1.82) is 0 Å². The molecule has 0 aromatic heterocycles. The van der Waals surface area contributed by atoms with Gasteiger partial charge in [-0.1, -0.05) is 31.2 Å². The first-order valence-corrected chi connectivity index (χ1v) is 8.37. The van der Waals surface area contributed by atoms with E-state index in [1.54, 1.807) is 0 Å². The average molecular weight is 272 g/mol. The highest BCUT2D eigenvalue weighted by molar-refractivity contribution is 5.22. The van der Waals surface area contributed by atoms with Gasteiger partial charge in [0.15, 0.2) is 0 Å². The minimum absolute atomic E-state index is 0.871. The molecule has 1 aliphatic heterocycles. The highest BCUT2D eigenvalue weighted by atomic mass is 15.2. The van der Waals surface area contributed by atoms with Gasteiger partial charge in [0.05, 0.1) is 0 Å². The van der Waals surface area contributed by atoms with Crippen molar-refractivity contribution >= 4 is 0 Å². The Balaban J connectivity index is 1.58. The van der Waals surface area contributed by atoms with Gasteiger partial charge in [-0.2, -0.15) is 0 Å². The summed E-state index contributed by atoms with van der Waals surface area (Å²) in [6, 6.07) is 10.1. The van der Waals surface area contributed by atoms with E-state index in [1.807, 2.05) is 0 Å². The Morgan fingerprint density at radius 2 is 1.65 bits per heavy atom. The quantitative estimate of drug-likeness (QED) is 0.855. The summed E-state index contributed by atoms with van der Waals surface area (Å²) in [5.74, 6) is 0.909. The molecule has 0 bridgehead atoms. The first-order chi connectivity index (χ1) is 9.85. The number of hydrogen-bond donors (Lipinski definition) is 1. The van der Waals surface area contributed by atoms with E-state index in [2.05, 4.69) is 41.4 Å².